The standard InChI is InChI=1S/C28H33BrN2O4/c1-5-24(28(33)30-16-19(2)3)31(17-20-10-13-22(34-4)14-11-20)26(32)18-35-25-15-12-21-8-6-7-9-23(21)27(25)29/h6-15,19,24H,5,16-18H2,1-4H3,(H,30,33). The largest absolute Gasteiger partial charge is 0.497 e. The highest BCUT2D eigenvalue weighted by atomic mass is 79.9. The van der Waals surface area contributed by atoms with Gasteiger partial charge in [-0.1, -0.05) is 63.2 Å². The summed E-state index contributed by atoms with van der Waals surface area (Å²) in [7, 11) is 1.61. The topological polar surface area (TPSA) is 67.9 Å². The lowest BCUT2D eigenvalue weighted by atomic mass is 10.1. The zero-order chi connectivity index (χ0) is 25.4. The number of halogens is 1. The molecule has 1 atom stereocenters. The Morgan fingerprint density at radius 3 is 2.40 bits per heavy atom. The summed E-state index contributed by atoms with van der Waals surface area (Å²) in [6, 6.07) is 18.7. The maximum atomic E-state index is 13.4. The van der Waals surface area contributed by atoms with E-state index in [1.807, 2.05) is 81.4 Å². The number of carbonyl (C=O) groups is 2. The third-order valence-electron chi connectivity index (χ3n) is 5.76. The molecule has 0 fully saturated rings. The first-order valence-electron chi connectivity index (χ1n) is 11.8. The monoisotopic (exact) mass is 540 g/mol. The van der Waals surface area contributed by atoms with E-state index in [2.05, 4.69) is 21.2 Å². The number of nitrogens with one attached hydrogen (secondary N) is 1. The molecule has 0 aliphatic carbocycles. The quantitative estimate of drug-likeness (QED) is 0.345. The van der Waals surface area contributed by atoms with Gasteiger partial charge in [0.25, 0.3) is 5.91 Å². The van der Waals surface area contributed by atoms with Crippen molar-refractivity contribution in [3.8, 4) is 11.5 Å². The number of carbonyl (C=O) groups excluding carboxylic acids is 2. The highest BCUT2D eigenvalue weighted by Crippen LogP contribution is 2.33. The summed E-state index contributed by atoms with van der Waals surface area (Å²) in [4.78, 5) is 28.1. The van der Waals surface area contributed by atoms with Crippen molar-refractivity contribution in [2.45, 2.75) is 39.8 Å². The molecule has 0 saturated carbocycles. The SMILES string of the molecule is CCC(C(=O)NCC(C)C)N(Cc1ccc(OC)cc1)C(=O)COc1ccc2ccccc2c1Br. The van der Waals surface area contributed by atoms with Crippen molar-refractivity contribution in [3.63, 3.8) is 0 Å². The number of nitrogens with zero attached hydrogens (tertiary/aromatic N) is 1. The fourth-order valence-corrected chi connectivity index (χ4v) is 4.42. The van der Waals surface area contributed by atoms with Crippen molar-refractivity contribution < 1.29 is 19.1 Å². The van der Waals surface area contributed by atoms with E-state index in [1.54, 1.807) is 12.0 Å². The third kappa shape index (κ3) is 6.98. The highest BCUT2D eigenvalue weighted by Gasteiger charge is 2.29. The molecule has 0 spiro atoms. The van der Waals surface area contributed by atoms with E-state index < -0.39 is 6.04 Å². The van der Waals surface area contributed by atoms with Crippen LogP contribution in [0.1, 0.15) is 32.8 Å². The average molecular weight is 541 g/mol. The van der Waals surface area contributed by atoms with Crippen LogP contribution in [-0.4, -0.2) is 43.0 Å². The van der Waals surface area contributed by atoms with Gasteiger partial charge < -0.3 is 19.7 Å². The summed E-state index contributed by atoms with van der Waals surface area (Å²) in [5.74, 6) is 1.22. The molecule has 0 aromatic heterocycles. The second-order valence-electron chi connectivity index (χ2n) is 8.82. The number of fused-ring (bicyclic) bond motifs is 1. The van der Waals surface area contributed by atoms with E-state index in [9.17, 15) is 9.59 Å². The lowest BCUT2D eigenvalue weighted by molar-refractivity contribution is -0.143. The highest BCUT2D eigenvalue weighted by molar-refractivity contribution is 9.10. The van der Waals surface area contributed by atoms with Crippen molar-refractivity contribution in [2.24, 2.45) is 5.92 Å². The summed E-state index contributed by atoms with van der Waals surface area (Å²) in [6.07, 6.45) is 0.492. The zero-order valence-corrected chi connectivity index (χ0v) is 22.3. The molecule has 3 aromatic rings. The van der Waals surface area contributed by atoms with Gasteiger partial charge in [0.2, 0.25) is 5.91 Å². The number of hydrogen-bond acceptors (Lipinski definition) is 4. The van der Waals surface area contributed by atoms with Crippen LogP contribution in [0.25, 0.3) is 10.8 Å². The van der Waals surface area contributed by atoms with E-state index in [0.29, 0.717) is 31.2 Å². The van der Waals surface area contributed by atoms with E-state index >= 15 is 0 Å². The van der Waals surface area contributed by atoms with Crippen LogP contribution in [0.3, 0.4) is 0 Å². The van der Waals surface area contributed by atoms with Gasteiger partial charge in [-0.05, 0) is 62.8 Å². The fourth-order valence-electron chi connectivity index (χ4n) is 3.82. The van der Waals surface area contributed by atoms with Crippen molar-refractivity contribution in [1.29, 1.82) is 0 Å². The Kier molecular flexibility index (Phi) is 9.55. The van der Waals surface area contributed by atoms with Crippen molar-refractivity contribution >= 4 is 38.5 Å². The molecule has 186 valence electrons. The van der Waals surface area contributed by atoms with Crippen molar-refractivity contribution in [1.82, 2.24) is 10.2 Å². The van der Waals surface area contributed by atoms with Gasteiger partial charge in [-0.2, -0.15) is 0 Å². The molecule has 0 radical (unpaired) electrons. The molecule has 2 amide bonds. The van der Waals surface area contributed by atoms with Gasteiger partial charge in [-0.25, -0.2) is 0 Å². The lowest BCUT2D eigenvalue weighted by Gasteiger charge is -2.31. The van der Waals surface area contributed by atoms with Gasteiger partial charge in [0.1, 0.15) is 17.5 Å². The molecule has 1 N–H and O–H groups in total. The summed E-state index contributed by atoms with van der Waals surface area (Å²) in [5.41, 5.74) is 0.904. The Hall–Kier alpha value is -3.06. The number of amides is 2. The molecule has 0 bridgehead atoms. The minimum absolute atomic E-state index is 0.157. The maximum absolute atomic E-state index is 13.4. The van der Waals surface area contributed by atoms with Crippen molar-refractivity contribution in [3.05, 3.63) is 70.7 Å². The Labute approximate surface area is 215 Å². The van der Waals surface area contributed by atoms with Crippen LogP contribution in [0.5, 0.6) is 11.5 Å². The van der Waals surface area contributed by atoms with Gasteiger partial charge in [0, 0.05) is 13.1 Å². The minimum atomic E-state index is -0.605. The van der Waals surface area contributed by atoms with Crippen LogP contribution >= 0.6 is 15.9 Å². The van der Waals surface area contributed by atoms with E-state index in [4.69, 9.17) is 9.47 Å². The van der Waals surface area contributed by atoms with Gasteiger partial charge in [-0.3, -0.25) is 9.59 Å². The van der Waals surface area contributed by atoms with E-state index in [0.717, 1.165) is 26.6 Å². The van der Waals surface area contributed by atoms with Crippen LogP contribution in [0.4, 0.5) is 0 Å². The number of rotatable bonds is 11. The predicted octanol–water partition coefficient (Wildman–Crippen LogP) is 5.57. The van der Waals surface area contributed by atoms with Crippen LogP contribution in [-0.2, 0) is 16.1 Å². The Morgan fingerprint density at radius 1 is 1.03 bits per heavy atom. The van der Waals surface area contributed by atoms with Crippen molar-refractivity contribution in [2.75, 3.05) is 20.3 Å². The predicted molar refractivity (Wildman–Crippen MR) is 143 cm³/mol. The zero-order valence-electron chi connectivity index (χ0n) is 20.7. The first-order chi connectivity index (χ1) is 16.8. The Bertz CT molecular complexity index is 1150. The molecule has 1 unspecified atom stereocenters. The molecule has 0 heterocycles. The first-order valence-corrected chi connectivity index (χ1v) is 12.6. The number of methoxy groups -OCH3 is 1. The van der Waals surface area contributed by atoms with E-state index in [1.165, 1.54) is 0 Å². The molecule has 3 aromatic carbocycles. The van der Waals surface area contributed by atoms with Gasteiger partial charge in [0.05, 0.1) is 11.6 Å². The Morgan fingerprint density at radius 2 is 1.74 bits per heavy atom. The molecular weight excluding hydrogens is 508 g/mol. The van der Waals surface area contributed by atoms with Crippen LogP contribution in [0.2, 0.25) is 0 Å². The maximum Gasteiger partial charge on any atom is 0.261 e. The molecular formula is C28H33BrN2O4. The van der Waals surface area contributed by atoms with Crippen LogP contribution in [0.15, 0.2) is 65.1 Å². The molecule has 3 rings (SSSR count). The minimum Gasteiger partial charge on any atom is -0.497 e. The summed E-state index contributed by atoms with van der Waals surface area (Å²) in [6.45, 7) is 6.66. The molecule has 6 nitrogen and oxygen atoms in total. The van der Waals surface area contributed by atoms with E-state index in [-0.39, 0.29) is 18.4 Å². The third-order valence-corrected chi connectivity index (χ3v) is 6.58. The second-order valence-corrected chi connectivity index (χ2v) is 9.61. The number of benzene rings is 3. The summed E-state index contributed by atoms with van der Waals surface area (Å²) < 4.78 is 12.0. The summed E-state index contributed by atoms with van der Waals surface area (Å²) in [5, 5.41) is 5.06. The smallest absolute Gasteiger partial charge is 0.261 e. The molecule has 0 aliphatic rings. The molecule has 35 heavy (non-hydrogen) atoms. The van der Waals surface area contributed by atoms with Crippen LogP contribution in [0, 0.1) is 5.92 Å². The fraction of sp³-hybridized carbons (Fsp3) is 0.357. The average Bonchev–Trinajstić information content (AvgIpc) is 2.87. The van der Waals surface area contributed by atoms with Gasteiger partial charge in [-0.15, -0.1) is 0 Å². The summed E-state index contributed by atoms with van der Waals surface area (Å²) >= 11 is 3.61. The Balaban J connectivity index is 1.81. The van der Waals surface area contributed by atoms with Gasteiger partial charge in [0.15, 0.2) is 6.61 Å². The van der Waals surface area contributed by atoms with Crippen LogP contribution < -0.4 is 14.8 Å². The second kappa shape index (κ2) is 12.6. The lowest BCUT2D eigenvalue weighted by Crippen LogP contribution is -2.50. The van der Waals surface area contributed by atoms with Gasteiger partial charge >= 0.3 is 0 Å². The number of hydrogen-bond donors (Lipinski definition) is 1. The molecule has 7 heteroatoms. The first kappa shape index (κ1) is 26.5. The molecule has 0 saturated heterocycles. The number of ether oxygens (including phenoxy) is 2. The normalized spacial score (nSPS) is 11.8. The molecule has 0 aliphatic heterocycles.